The van der Waals surface area contributed by atoms with E-state index in [1.807, 2.05) is 37.3 Å². The Bertz CT molecular complexity index is 1540. The lowest BCUT2D eigenvalue weighted by atomic mass is 9.71. The van der Waals surface area contributed by atoms with Crippen molar-refractivity contribution in [2.45, 2.75) is 71.3 Å². The molecule has 3 aromatic carbocycles. The molecule has 0 saturated heterocycles. The number of ether oxygens (including phenoxy) is 2. The Balaban J connectivity index is 1.44. The van der Waals surface area contributed by atoms with Crippen LogP contribution in [0.5, 0.6) is 11.5 Å². The average molecular weight is 615 g/mol. The van der Waals surface area contributed by atoms with E-state index in [4.69, 9.17) is 9.47 Å². The van der Waals surface area contributed by atoms with Gasteiger partial charge in [-0.05, 0) is 89.0 Å². The largest absolute Gasteiger partial charge is 0.490 e. The number of hydrogen-bond donors (Lipinski definition) is 0. The van der Waals surface area contributed by atoms with Gasteiger partial charge in [0.15, 0.2) is 23.1 Å². The van der Waals surface area contributed by atoms with Crippen LogP contribution in [0.1, 0.15) is 75.8 Å². The number of Topliss-reactive ketones (excluding diaryl/α,β-unsaturated/α-hetero) is 2. The number of carbonyl (C=O) groups is 2. The number of carbonyl (C=O) groups excluding carboxylic acids is 2. The predicted octanol–water partition coefficient (Wildman–Crippen LogP) is 8.40. The van der Waals surface area contributed by atoms with Crippen molar-refractivity contribution in [1.82, 2.24) is 4.90 Å². The lowest BCUT2D eigenvalue weighted by molar-refractivity contribution is -0.117. The lowest BCUT2D eigenvalue weighted by Gasteiger charge is -2.44. The summed E-state index contributed by atoms with van der Waals surface area (Å²) in [4.78, 5) is 29.5. The van der Waals surface area contributed by atoms with Gasteiger partial charge in [0.2, 0.25) is 0 Å². The molecule has 0 N–H and O–H groups in total. The van der Waals surface area contributed by atoms with E-state index in [0.29, 0.717) is 37.6 Å². The molecule has 0 saturated carbocycles. The van der Waals surface area contributed by atoms with Crippen LogP contribution in [-0.4, -0.2) is 29.6 Å². The third-order valence-electron chi connectivity index (χ3n) is 8.45. The zero-order chi connectivity index (χ0) is 28.5. The normalized spacial score (nSPS) is 17.7. The SMILES string of the molecule is CCCN1C2=C(C(=O)CCC2)C(c2cc(Br)c(OCc3cccc4ccccc34)c(OCC)c2)C2=C1CCCC2=O. The van der Waals surface area contributed by atoms with Gasteiger partial charge in [-0.25, -0.2) is 0 Å². The van der Waals surface area contributed by atoms with Crippen LogP contribution in [0, 0.1) is 0 Å². The van der Waals surface area contributed by atoms with Gasteiger partial charge in [0.05, 0.1) is 11.1 Å². The van der Waals surface area contributed by atoms with Gasteiger partial charge in [-0.2, -0.15) is 0 Å². The number of benzene rings is 3. The fourth-order valence-corrected chi connectivity index (χ4v) is 7.34. The standard InChI is InChI=1S/C35H36BrNO4/c1-3-18-37-27-14-8-16-29(38)33(27)32(34-28(37)15-9-17-30(34)39)24-19-26(36)35(31(20-24)40-4-2)41-21-23-12-7-11-22-10-5-6-13-25(22)23/h5-7,10-13,19-20,32H,3-4,8-9,14-18,21H2,1-2H3. The lowest BCUT2D eigenvalue weighted by Crippen LogP contribution is -2.39. The maximum absolute atomic E-state index is 13.6. The molecular formula is C35H36BrNO4. The molecule has 0 fully saturated rings. The highest BCUT2D eigenvalue weighted by Crippen LogP contribution is 2.51. The molecule has 41 heavy (non-hydrogen) atoms. The fraction of sp³-hybridized carbons (Fsp3) is 0.371. The van der Waals surface area contributed by atoms with Crippen molar-refractivity contribution >= 4 is 38.3 Å². The minimum atomic E-state index is -0.378. The highest BCUT2D eigenvalue weighted by atomic mass is 79.9. The molecule has 0 amide bonds. The highest BCUT2D eigenvalue weighted by Gasteiger charge is 2.43. The first kappa shape index (κ1) is 27.8. The molecule has 1 aliphatic heterocycles. The summed E-state index contributed by atoms with van der Waals surface area (Å²) in [5.41, 5.74) is 5.84. The van der Waals surface area contributed by atoms with Crippen LogP contribution < -0.4 is 9.47 Å². The van der Waals surface area contributed by atoms with Crippen molar-refractivity contribution in [2.24, 2.45) is 0 Å². The molecule has 2 aliphatic carbocycles. The van der Waals surface area contributed by atoms with Crippen molar-refractivity contribution < 1.29 is 19.1 Å². The number of hydrogen-bond acceptors (Lipinski definition) is 5. The van der Waals surface area contributed by atoms with Gasteiger partial charge in [-0.3, -0.25) is 9.59 Å². The molecule has 0 bridgehead atoms. The summed E-state index contributed by atoms with van der Waals surface area (Å²) >= 11 is 3.78. The molecule has 3 aliphatic rings. The molecule has 3 aromatic rings. The summed E-state index contributed by atoms with van der Waals surface area (Å²) in [5, 5.41) is 2.33. The first-order chi connectivity index (χ1) is 20.0. The summed E-state index contributed by atoms with van der Waals surface area (Å²) in [5.74, 6) is 1.18. The summed E-state index contributed by atoms with van der Waals surface area (Å²) in [6.45, 7) is 5.80. The third kappa shape index (κ3) is 5.12. The molecule has 6 heteroatoms. The minimum Gasteiger partial charge on any atom is -0.490 e. The quantitative estimate of drug-likeness (QED) is 0.255. The molecule has 212 valence electrons. The number of ketones is 2. The summed E-state index contributed by atoms with van der Waals surface area (Å²) in [6.07, 6.45) is 5.47. The van der Waals surface area contributed by atoms with Gasteiger partial charge in [-0.1, -0.05) is 49.4 Å². The summed E-state index contributed by atoms with van der Waals surface area (Å²) in [6, 6.07) is 18.5. The topological polar surface area (TPSA) is 55.8 Å². The Kier molecular flexibility index (Phi) is 8.03. The van der Waals surface area contributed by atoms with Crippen LogP contribution in [0.3, 0.4) is 0 Å². The second-order valence-corrected chi connectivity index (χ2v) is 11.9. The number of nitrogens with zero attached hydrogens (tertiary/aromatic N) is 1. The Hall–Kier alpha value is -3.38. The van der Waals surface area contributed by atoms with Crippen molar-refractivity contribution in [3.05, 3.63) is 92.7 Å². The molecular weight excluding hydrogens is 578 g/mol. The zero-order valence-electron chi connectivity index (χ0n) is 23.8. The third-order valence-corrected chi connectivity index (χ3v) is 9.04. The number of halogens is 1. The number of allylic oxidation sites excluding steroid dienone is 4. The number of rotatable bonds is 8. The maximum atomic E-state index is 13.6. The van der Waals surface area contributed by atoms with Gasteiger partial charge >= 0.3 is 0 Å². The molecule has 0 spiro atoms. The van der Waals surface area contributed by atoms with Crippen LogP contribution in [-0.2, 0) is 16.2 Å². The zero-order valence-corrected chi connectivity index (χ0v) is 25.4. The van der Waals surface area contributed by atoms with Gasteiger partial charge in [0.1, 0.15) is 6.61 Å². The fourth-order valence-electron chi connectivity index (χ4n) is 6.77. The van der Waals surface area contributed by atoms with E-state index in [-0.39, 0.29) is 17.5 Å². The van der Waals surface area contributed by atoms with E-state index in [1.54, 1.807) is 0 Å². The summed E-state index contributed by atoms with van der Waals surface area (Å²) in [7, 11) is 0. The second kappa shape index (κ2) is 11.8. The molecule has 0 aromatic heterocycles. The highest BCUT2D eigenvalue weighted by molar-refractivity contribution is 9.10. The second-order valence-electron chi connectivity index (χ2n) is 11.0. The molecule has 0 unspecified atom stereocenters. The van der Waals surface area contributed by atoms with Gasteiger partial charge < -0.3 is 14.4 Å². The Morgan fingerprint density at radius 2 is 1.54 bits per heavy atom. The van der Waals surface area contributed by atoms with Crippen molar-refractivity contribution in [3.63, 3.8) is 0 Å². The van der Waals surface area contributed by atoms with Crippen LogP contribution in [0.15, 0.2) is 81.6 Å². The van der Waals surface area contributed by atoms with Crippen LogP contribution >= 0.6 is 15.9 Å². The van der Waals surface area contributed by atoms with Crippen LogP contribution in [0.4, 0.5) is 0 Å². The first-order valence-electron chi connectivity index (χ1n) is 14.9. The van der Waals surface area contributed by atoms with Crippen molar-refractivity contribution in [1.29, 1.82) is 0 Å². The van der Waals surface area contributed by atoms with Crippen molar-refractivity contribution in [2.75, 3.05) is 13.2 Å². The van der Waals surface area contributed by atoms with E-state index in [9.17, 15) is 9.59 Å². The van der Waals surface area contributed by atoms with E-state index < -0.39 is 0 Å². The van der Waals surface area contributed by atoms with Gasteiger partial charge in [0.25, 0.3) is 0 Å². The smallest absolute Gasteiger partial charge is 0.175 e. The first-order valence-corrected chi connectivity index (χ1v) is 15.7. The molecule has 6 rings (SSSR count). The van der Waals surface area contributed by atoms with Gasteiger partial charge in [0, 0.05) is 47.8 Å². The molecule has 5 nitrogen and oxygen atoms in total. The Morgan fingerprint density at radius 3 is 2.22 bits per heavy atom. The monoisotopic (exact) mass is 613 g/mol. The van der Waals surface area contributed by atoms with Crippen LogP contribution in [0.2, 0.25) is 0 Å². The minimum absolute atomic E-state index is 0.160. The molecule has 1 heterocycles. The Labute approximate surface area is 250 Å². The van der Waals surface area contributed by atoms with Gasteiger partial charge in [-0.15, -0.1) is 0 Å². The van der Waals surface area contributed by atoms with Crippen LogP contribution in [0.25, 0.3) is 10.8 Å². The maximum Gasteiger partial charge on any atom is 0.175 e. The summed E-state index contributed by atoms with van der Waals surface area (Å²) < 4.78 is 13.3. The molecule has 0 atom stereocenters. The predicted molar refractivity (Wildman–Crippen MR) is 165 cm³/mol. The van der Waals surface area contributed by atoms with E-state index in [1.165, 1.54) is 5.39 Å². The average Bonchev–Trinajstić information content (AvgIpc) is 2.97. The molecule has 0 radical (unpaired) electrons. The van der Waals surface area contributed by atoms with E-state index in [0.717, 1.165) is 82.2 Å². The van der Waals surface area contributed by atoms with E-state index in [2.05, 4.69) is 52.0 Å². The van der Waals surface area contributed by atoms with Crippen molar-refractivity contribution in [3.8, 4) is 11.5 Å². The van der Waals surface area contributed by atoms with E-state index >= 15 is 0 Å². The Morgan fingerprint density at radius 1 is 0.854 bits per heavy atom. The number of fused-ring (bicyclic) bond motifs is 1.